The fraction of sp³-hybridized carbons (Fsp3) is 0.0833. The lowest BCUT2D eigenvalue weighted by Crippen LogP contribution is -2.16. The van der Waals surface area contributed by atoms with Gasteiger partial charge in [0.15, 0.2) is 0 Å². The Labute approximate surface area is 97.8 Å². The molecule has 2 heterocycles. The molecule has 17 heavy (non-hydrogen) atoms. The Kier molecular flexibility index (Phi) is 3.09. The number of rotatable bonds is 2. The first kappa shape index (κ1) is 11.2. The summed E-state index contributed by atoms with van der Waals surface area (Å²) in [6.45, 7) is 3.68. The van der Waals surface area contributed by atoms with Crippen molar-refractivity contribution in [3.05, 3.63) is 48.7 Å². The van der Waals surface area contributed by atoms with E-state index in [2.05, 4.69) is 21.5 Å². The third kappa shape index (κ3) is 2.28. The van der Waals surface area contributed by atoms with Crippen LogP contribution < -0.4 is 5.49 Å². The van der Waals surface area contributed by atoms with Crippen molar-refractivity contribution in [3.8, 4) is 11.3 Å². The molecule has 0 radical (unpaired) electrons. The van der Waals surface area contributed by atoms with Crippen LogP contribution in [0.1, 0.15) is 0 Å². The monoisotopic (exact) mass is 230 g/mol. The van der Waals surface area contributed by atoms with E-state index in [0.29, 0.717) is 16.7 Å². The lowest BCUT2D eigenvalue weighted by Gasteiger charge is -2.04. The van der Waals surface area contributed by atoms with Crippen LogP contribution in [0.15, 0.2) is 42.4 Å². The largest absolute Gasteiger partial charge is 0.306 e. The van der Waals surface area contributed by atoms with Crippen LogP contribution in [-0.4, -0.2) is 21.6 Å². The van der Waals surface area contributed by atoms with Crippen molar-refractivity contribution in [1.29, 1.82) is 0 Å². The van der Waals surface area contributed by atoms with E-state index < -0.39 is 5.82 Å². The summed E-state index contributed by atoms with van der Waals surface area (Å²) < 4.78 is 14.8. The van der Waals surface area contributed by atoms with E-state index >= 15 is 0 Å². The molecule has 4 nitrogen and oxygen atoms in total. The van der Waals surface area contributed by atoms with Gasteiger partial charge in [-0.15, -0.1) is 0 Å². The molecule has 0 aliphatic carbocycles. The minimum Gasteiger partial charge on any atom is -0.306 e. The molecule has 0 amide bonds. The van der Waals surface area contributed by atoms with E-state index in [1.165, 1.54) is 6.07 Å². The number of pyridine rings is 1. The second-order valence-electron chi connectivity index (χ2n) is 3.34. The van der Waals surface area contributed by atoms with E-state index in [1.54, 1.807) is 36.4 Å². The van der Waals surface area contributed by atoms with Crippen molar-refractivity contribution in [1.82, 2.24) is 14.5 Å². The summed E-state index contributed by atoms with van der Waals surface area (Å²) in [4.78, 5) is 12.0. The molecule has 0 aliphatic rings. The Morgan fingerprint density at radius 2 is 2.24 bits per heavy atom. The average Bonchev–Trinajstić information content (AvgIpc) is 2.38. The first-order valence-corrected chi connectivity index (χ1v) is 4.99. The van der Waals surface area contributed by atoms with Crippen molar-refractivity contribution in [2.75, 3.05) is 7.05 Å². The SMILES string of the molecule is C=Cn1cc(-c2cncc(F)c2)ncc1=NC. The van der Waals surface area contributed by atoms with Crippen molar-refractivity contribution in [2.45, 2.75) is 0 Å². The summed E-state index contributed by atoms with van der Waals surface area (Å²) in [5.74, 6) is -0.390. The van der Waals surface area contributed by atoms with E-state index in [-0.39, 0.29) is 0 Å². The highest BCUT2D eigenvalue weighted by Gasteiger charge is 2.02. The first-order chi connectivity index (χ1) is 8.24. The van der Waals surface area contributed by atoms with Crippen LogP contribution in [0, 0.1) is 5.82 Å². The highest BCUT2D eigenvalue weighted by molar-refractivity contribution is 5.56. The summed E-state index contributed by atoms with van der Waals surface area (Å²) in [7, 11) is 1.67. The molecule has 0 saturated carbocycles. The summed E-state index contributed by atoms with van der Waals surface area (Å²) >= 11 is 0. The summed E-state index contributed by atoms with van der Waals surface area (Å²) in [6, 6.07) is 1.38. The second kappa shape index (κ2) is 4.69. The van der Waals surface area contributed by atoms with Crippen molar-refractivity contribution < 1.29 is 4.39 Å². The molecule has 0 fully saturated rings. The zero-order valence-corrected chi connectivity index (χ0v) is 9.34. The Morgan fingerprint density at radius 3 is 2.88 bits per heavy atom. The first-order valence-electron chi connectivity index (χ1n) is 4.99. The molecule has 0 unspecified atom stereocenters. The van der Waals surface area contributed by atoms with E-state index in [9.17, 15) is 4.39 Å². The van der Waals surface area contributed by atoms with Gasteiger partial charge in [0, 0.05) is 31.2 Å². The molecular weight excluding hydrogens is 219 g/mol. The fourth-order valence-corrected chi connectivity index (χ4v) is 1.45. The van der Waals surface area contributed by atoms with Crippen LogP contribution in [0.5, 0.6) is 0 Å². The molecular formula is C12H11FN4. The quantitative estimate of drug-likeness (QED) is 0.788. The third-order valence-corrected chi connectivity index (χ3v) is 2.27. The maximum atomic E-state index is 13.0. The minimum absolute atomic E-state index is 0.390. The molecule has 2 aromatic rings. The van der Waals surface area contributed by atoms with Gasteiger partial charge in [0.1, 0.15) is 11.3 Å². The van der Waals surface area contributed by atoms with Gasteiger partial charge in [0.05, 0.1) is 18.1 Å². The lowest BCUT2D eigenvalue weighted by molar-refractivity contribution is 0.622. The zero-order valence-electron chi connectivity index (χ0n) is 9.34. The van der Waals surface area contributed by atoms with Crippen molar-refractivity contribution in [3.63, 3.8) is 0 Å². The number of nitrogens with zero attached hydrogens (tertiary/aromatic N) is 4. The van der Waals surface area contributed by atoms with Gasteiger partial charge >= 0.3 is 0 Å². The van der Waals surface area contributed by atoms with Gasteiger partial charge in [-0.25, -0.2) is 4.39 Å². The van der Waals surface area contributed by atoms with Gasteiger partial charge in [0.25, 0.3) is 0 Å². The Morgan fingerprint density at radius 1 is 1.41 bits per heavy atom. The standard InChI is InChI=1S/C12H11FN4/c1-3-17-8-11(16-7-12(17)14-2)9-4-10(13)6-15-5-9/h3-8H,1H2,2H3. The van der Waals surface area contributed by atoms with E-state index in [1.807, 2.05) is 0 Å². The number of hydrogen-bond acceptors (Lipinski definition) is 3. The smallest absolute Gasteiger partial charge is 0.150 e. The molecule has 0 N–H and O–H groups in total. The van der Waals surface area contributed by atoms with Crippen molar-refractivity contribution >= 4 is 6.20 Å². The maximum Gasteiger partial charge on any atom is 0.150 e. The molecule has 0 aliphatic heterocycles. The number of aromatic nitrogens is 3. The van der Waals surface area contributed by atoms with Crippen LogP contribution in [0.3, 0.4) is 0 Å². The molecule has 5 heteroatoms. The van der Waals surface area contributed by atoms with Crippen molar-refractivity contribution in [2.24, 2.45) is 4.99 Å². The molecule has 0 spiro atoms. The maximum absolute atomic E-state index is 13.0. The highest BCUT2D eigenvalue weighted by atomic mass is 19.1. The molecule has 0 bridgehead atoms. The predicted octanol–water partition coefficient (Wildman–Crippen LogP) is 1.72. The summed E-state index contributed by atoms with van der Waals surface area (Å²) in [6.07, 6.45) is 7.65. The van der Waals surface area contributed by atoms with E-state index in [0.717, 1.165) is 6.20 Å². The van der Waals surface area contributed by atoms with Gasteiger partial charge in [-0.3, -0.25) is 15.0 Å². The third-order valence-electron chi connectivity index (χ3n) is 2.27. The van der Waals surface area contributed by atoms with Gasteiger partial charge in [-0.2, -0.15) is 0 Å². The summed E-state index contributed by atoms with van der Waals surface area (Å²) in [5, 5.41) is 0. The van der Waals surface area contributed by atoms with Crippen LogP contribution in [-0.2, 0) is 0 Å². The molecule has 0 atom stereocenters. The average molecular weight is 230 g/mol. The van der Waals surface area contributed by atoms with Gasteiger partial charge in [-0.1, -0.05) is 6.58 Å². The second-order valence-corrected chi connectivity index (χ2v) is 3.34. The zero-order chi connectivity index (χ0) is 12.3. The summed E-state index contributed by atoms with van der Waals surface area (Å²) in [5.41, 5.74) is 1.90. The molecule has 0 aromatic carbocycles. The van der Waals surface area contributed by atoms with E-state index in [4.69, 9.17) is 0 Å². The molecule has 0 saturated heterocycles. The number of halogens is 1. The van der Waals surface area contributed by atoms with Crippen LogP contribution >= 0.6 is 0 Å². The molecule has 2 rings (SSSR count). The number of hydrogen-bond donors (Lipinski definition) is 0. The molecule has 2 aromatic heterocycles. The Bertz CT molecular complexity index is 616. The Hall–Kier alpha value is -2.30. The Balaban J connectivity index is 2.58. The lowest BCUT2D eigenvalue weighted by atomic mass is 10.2. The van der Waals surface area contributed by atoms with Crippen LogP contribution in [0.4, 0.5) is 4.39 Å². The topological polar surface area (TPSA) is 43.1 Å². The van der Waals surface area contributed by atoms with Gasteiger partial charge < -0.3 is 4.57 Å². The minimum atomic E-state index is -0.390. The normalized spacial score (nSPS) is 11.5. The van der Waals surface area contributed by atoms with Crippen LogP contribution in [0.2, 0.25) is 0 Å². The molecule has 86 valence electrons. The highest BCUT2D eigenvalue weighted by Crippen LogP contribution is 2.14. The fourth-order valence-electron chi connectivity index (χ4n) is 1.45. The van der Waals surface area contributed by atoms with Crippen LogP contribution in [0.25, 0.3) is 17.5 Å². The van der Waals surface area contributed by atoms with Gasteiger partial charge in [-0.05, 0) is 6.07 Å². The predicted molar refractivity (Wildman–Crippen MR) is 63.3 cm³/mol. The van der Waals surface area contributed by atoms with Gasteiger partial charge in [0.2, 0.25) is 0 Å².